The Bertz CT molecular complexity index is 1600. The van der Waals surface area contributed by atoms with E-state index in [0.717, 1.165) is 5.39 Å². The zero-order valence-corrected chi connectivity index (χ0v) is 23.0. The lowest BCUT2D eigenvalue weighted by Gasteiger charge is -2.15. The zero-order chi connectivity index (χ0) is 28.3. The number of rotatable bonds is 9. The van der Waals surface area contributed by atoms with Gasteiger partial charge in [0.2, 0.25) is 0 Å². The number of carbonyl (C=O) groups excluding carboxylic acids is 3. The molecule has 9 nitrogen and oxygen atoms in total. The van der Waals surface area contributed by atoms with Gasteiger partial charge in [0, 0.05) is 29.4 Å². The quantitative estimate of drug-likeness (QED) is 0.158. The minimum atomic E-state index is -1.58. The van der Waals surface area contributed by atoms with Gasteiger partial charge in [0.15, 0.2) is 5.78 Å². The topological polar surface area (TPSA) is 149 Å². The number of aliphatic carboxylic acids is 1. The first kappa shape index (κ1) is 28.2. The first-order valence-electron chi connectivity index (χ1n) is 11.4. The van der Waals surface area contributed by atoms with Crippen LogP contribution in [0.25, 0.3) is 10.9 Å². The number of fused-ring (bicyclic) bond motifs is 1. The number of aromatic amines is 1. The normalized spacial score (nSPS) is 11.7. The molecule has 5 N–H and O–H groups in total. The molecule has 0 aliphatic carbocycles. The van der Waals surface area contributed by atoms with Crippen LogP contribution in [0.4, 0.5) is 0 Å². The number of carbonyl (C=O) groups is 4. The molecule has 12 heteroatoms. The first-order valence-corrected chi connectivity index (χ1v) is 13.0. The highest BCUT2D eigenvalue weighted by Crippen LogP contribution is 2.30. The number of benzene rings is 3. The lowest BCUT2D eigenvalue weighted by Crippen LogP contribution is -2.42. The number of hydrogen-bond donors (Lipinski definition) is 5. The highest BCUT2D eigenvalue weighted by atomic mass is 79.9. The second-order valence-electron chi connectivity index (χ2n) is 8.52. The van der Waals surface area contributed by atoms with Gasteiger partial charge >= 0.3 is 5.97 Å². The Kier molecular flexibility index (Phi) is 8.59. The number of phenols is 1. The second-order valence-corrected chi connectivity index (χ2v) is 10.1. The number of aromatic hydroxyl groups is 1. The number of aromatic nitrogens is 1. The molecular weight excluding hydrogens is 613 g/mol. The molecular formula is C27H20BrCl2N3O6. The number of hydrogen-bond acceptors (Lipinski definition) is 5. The standard InChI is InChI=1S/C27H20BrCl2N3O6/c28-23-16-6-1-2-7-19(16)32-24(23)26(37)33-20(27(38)39)11-21(35)22-17(29)9-14(10-18(22)30)25(36)31-12-13-4-3-5-15(34)8-13/h1-10,20,32,34H,11-12H2,(H,31,36)(H,33,37)(H,38,39). The average Bonchev–Trinajstić information content (AvgIpc) is 3.23. The van der Waals surface area contributed by atoms with Gasteiger partial charge in [0.05, 0.1) is 20.1 Å². The van der Waals surface area contributed by atoms with Gasteiger partial charge in [0.25, 0.3) is 11.8 Å². The van der Waals surface area contributed by atoms with Crippen molar-refractivity contribution >= 4 is 73.6 Å². The molecule has 200 valence electrons. The summed E-state index contributed by atoms with van der Waals surface area (Å²) in [5.41, 5.74) is 1.34. The van der Waals surface area contributed by atoms with Crippen LogP contribution in [0.1, 0.15) is 43.2 Å². The van der Waals surface area contributed by atoms with Crippen molar-refractivity contribution < 1.29 is 29.4 Å². The summed E-state index contributed by atoms with van der Waals surface area (Å²) in [6.45, 7) is 0.121. The molecule has 2 amide bonds. The van der Waals surface area contributed by atoms with Crippen LogP contribution in [0.15, 0.2) is 65.1 Å². The number of phenolic OH excluding ortho intramolecular Hbond substituents is 1. The molecule has 3 aromatic carbocycles. The molecule has 4 aromatic rings. The lowest BCUT2D eigenvalue weighted by molar-refractivity contribution is -0.139. The van der Waals surface area contributed by atoms with Gasteiger partial charge < -0.3 is 25.8 Å². The highest BCUT2D eigenvalue weighted by Gasteiger charge is 2.28. The summed E-state index contributed by atoms with van der Waals surface area (Å²) < 4.78 is 0.454. The van der Waals surface area contributed by atoms with E-state index in [1.54, 1.807) is 36.4 Å². The lowest BCUT2D eigenvalue weighted by atomic mass is 10.0. The van der Waals surface area contributed by atoms with Gasteiger partial charge in [-0.05, 0) is 51.8 Å². The molecule has 39 heavy (non-hydrogen) atoms. The van der Waals surface area contributed by atoms with E-state index in [9.17, 15) is 29.4 Å². The fourth-order valence-corrected chi connectivity index (χ4v) is 5.23. The van der Waals surface area contributed by atoms with E-state index in [0.29, 0.717) is 15.6 Å². The minimum absolute atomic E-state index is 0.0560. The van der Waals surface area contributed by atoms with Crippen LogP contribution in [0.2, 0.25) is 10.0 Å². The minimum Gasteiger partial charge on any atom is -0.508 e. The monoisotopic (exact) mass is 631 g/mol. The van der Waals surface area contributed by atoms with Crippen molar-refractivity contribution in [2.24, 2.45) is 0 Å². The number of H-pyrrole nitrogens is 1. The number of nitrogens with one attached hydrogen (secondary N) is 3. The largest absolute Gasteiger partial charge is 0.508 e. The van der Waals surface area contributed by atoms with Gasteiger partial charge in [-0.15, -0.1) is 0 Å². The summed E-state index contributed by atoms with van der Waals surface area (Å²) in [6, 6.07) is 14.4. The smallest absolute Gasteiger partial charge is 0.326 e. The van der Waals surface area contributed by atoms with Crippen LogP contribution < -0.4 is 10.6 Å². The van der Waals surface area contributed by atoms with Gasteiger partial charge in [-0.1, -0.05) is 53.5 Å². The summed E-state index contributed by atoms with van der Waals surface area (Å²) in [4.78, 5) is 53.3. The molecule has 0 saturated heterocycles. The van der Waals surface area contributed by atoms with Gasteiger partial charge in [-0.3, -0.25) is 14.4 Å². The number of amides is 2. The number of carboxylic acid groups (broad SMARTS) is 1. The third-order valence-corrected chi connectivity index (χ3v) is 7.23. The number of Topliss-reactive ketones (excluding diaryl/α,β-unsaturated/α-hetero) is 1. The van der Waals surface area contributed by atoms with E-state index in [-0.39, 0.29) is 39.2 Å². The molecule has 0 aliphatic heterocycles. The number of para-hydroxylation sites is 1. The fraction of sp³-hybridized carbons (Fsp3) is 0.111. The summed E-state index contributed by atoms with van der Waals surface area (Å²) in [6.07, 6.45) is -0.637. The SMILES string of the molecule is O=C(NCc1cccc(O)c1)c1cc(Cl)c(C(=O)CC(NC(=O)c2[nH]c3ccccc3c2Br)C(=O)O)c(Cl)c1. The van der Waals surface area contributed by atoms with Gasteiger partial charge in [0.1, 0.15) is 17.5 Å². The molecule has 0 fully saturated rings. The van der Waals surface area contributed by atoms with Crippen molar-refractivity contribution in [2.45, 2.75) is 19.0 Å². The first-order chi connectivity index (χ1) is 18.5. The molecule has 1 unspecified atom stereocenters. The second kappa shape index (κ2) is 11.9. The van der Waals surface area contributed by atoms with Crippen LogP contribution >= 0.6 is 39.1 Å². The molecule has 0 saturated carbocycles. The number of carboxylic acids is 1. The molecule has 1 heterocycles. The van der Waals surface area contributed by atoms with Crippen molar-refractivity contribution in [3.05, 3.63) is 97.6 Å². The van der Waals surface area contributed by atoms with E-state index in [2.05, 4.69) is 31.5 Å². The van der Waals surface area contributed by atoms with E-state index in [1.165, 1.54) is 24.3 Å². The summed E-state index contributed by atoms with van der Waals surface area (Å²) in [5.74, 6) is -3.37. The maximum Gasteiger partial charge on any atom is 0.326 e. The van der Waals surface area contributed by atoms with Gasteiger partial charge in [-0.25, -0.2) is 4.79 Å². The molecule has 0 spiro atoms. The Hall–Kier alpha value is -3.86. The molecule has 1 aromatic heterocycles. The van der Waals surface area contributed by atoms with Crippen molar-refractivity contribution in [3.8, 4) is 5.75 Å². The maximum absolute atomic E-state index is 13.0. The van der Waals surface area contributed by atoms with Crippen LogP contribution in [0.5, 0.6) is 5.75 Å². The zero-order valence-electron chi connectivity index (χ0n) is 19.9. The summed E-state index contributed by atoms with van der Waals surface area (Å²) in [7, 11) is 0. The number of ketones is 1. The Labute approximate surface area is 240 Å². The average molecular weight is 633 g/mol. The van der Waals surface area contributed by atoms with Gasteiger partial charge in [-0.2, -0.15) is 0 Å². The Balaban J connectivity index is 1.47. The van der Waals surface area contributed by atoms with Crippen LogP contribution in [0.3, 0.4) is 0 Å². The number of halogens is 3. The van der Waals surface area contributed by atoms with Crippen molar-refractivity contribution in [1.29, 1.82) is 0 Å². The third kappa shape index (κ3) is 6.42. The van der Waals surface area contributed by atoms with Crippen molar-refractivity contribution in [2.75, 3.05) is 0 Å². The summed E-state index contributed by atoms with van der Waals surface area (Å²) in [5, 5.41) is 24.7. The Morgan fingerprint density at radius 3 is 2.28 bits per heavy atom. The van der Waals surface area contributed by atoms with E-state index in [1.807, 2.05) is 0 Å². The third-order valence-electron chi connectivity index (χ3n) is 5.81. The summed E-state index contributed by atoms with van der Waals surface area (Å²) >= 11 is 15.9. The van der Waals surface area contributed by atoms with Crippen molar-refractivity contribution in [1.82, 2.24) is 15.6 Å². The van der Waals surface area contributed by atoms with E-state index < -0.39 is 36.0 Å². The van der Waals surface area contributed by atoms with Crippen LogP contribution in [-0.2, 0) is 11.3 Å². The predicted octanol–water partition coefficient (Wildman–Crippen LogP) is 5.33. The molecule has 4 rings (SSSR count). The maximum atomic E-state index is 13.0. The molecule has 0 bridgehead atoms. The fourth-order valence-electron chi connectivity index (χ4n) is 3.90. The Morgan fingerprint density at radius 1 is 0.949 bits per heavy atom. The van der Waals surface area contributed by atoms with Crippen LogP contribution in [-0.4, -0.2) is 44.8 Å². The molecule has 0 radical (unpaired) electrons. The van der Waals surface area contributed by atoms with Crippen LogP contribution in [0, 0.1) is 0 Å². The Morgan fingerprint density at radius 2 is 1.64 bits per heavy atom. The van der Waals surface area contributed by atoms with E-state index >= 15 is 0 Å². The van der Waals surface area contributed by atoms with Crippen molar-refractivity contribution in [3.63, 3.8) is 0 Å². The van der Waals surface area contributed by atoms with E-state index in [4.69, 9.17) is 23.2 Å². The highest BCUT2D eigenvalue weighted by molar-refractivity contribution is 9.10. The molecule has 0 aliphatic rings. The molecule has 1 atom stereocenters. The predicted molar refractivity (Wildman–Crippen MR) is 150 cm³/mol.